The molecule has 1 amide bonds. The molecule has 2 aromatic heterocycles. The Kier molecular flexibility index (Phi) is 4.44. The number of methoxy groups -OCH3 is 1. The predicted octanol–water partition coefficient (Wildman–Crippen LogP) is 3.14. The Morgan fingerprint density at radius 3 is 2.57 bits per heavy atom. The van der Waals surface area contributed by atoms with Crippen LogP contribution in [0.2, 0.25) is 0 Å². The van der Waals surface area contributed by atoms with Crippen molar-refractivity contribution < 1.29 is 13.9 Å². The van der Waals surface area contributed by atoms with Crippen LogP contribution in [0.5, 0.6) is 0 Å². The van der Waals surface area contributed by atoms with E-state index in [1.807, 2.05) is 30.3 Å². The molecule has 3 rings (SSSR count). The van der Waals surface area contributed by atoms with Crippen LogP contribution >= 0.6 is 0 Å². The molecule has 0 spiro atoms. The van der Waals surface area contributed by atoms with E-state index in [1.54, 1.807) is 31.6 Å². The Balaban J connectivity index is 1.69. The van der Waals surface area contributed by atoms with Crippen LogP contribution in [0.4, 0.5) is 5.69 Å². The molecule has 6 nitrogen and oxygen atoms in total. The van der Waals surface area contributed by atoms with Crippen LogP contribution in [0, 0.1) is 0 Å². The molecule has 0 aliphatic rings. The average Bonchev–Trinajstić information content (AvgIpc) is 3.06. The van der Waals surface area contributed by atoms with Crippen molar-refractivity contribution in [3.05, 3.63) is 66.4 Å². The van der Waals surface area contributed by atoms with E-state index < -0.39 is 0 Å². The maximum Gasteiger partial charge on any atom is 0.291 e. The molecule has 116 valence electrons. The molecule has 0 atom stereocenters. The lowest BCUT2D eigenvalue weighted by atomic mass is 10.2. The van der Waals surface area contributed by atoms with Crippen molar-refractivity contribution in [3.8, 4) is 11.4 Å². The summed E-state index contributed by atoms with van der Waals surface area (Å²) in [7, 11) is 1.56. The molecule has 0 aliphatic carbocycles. The smallest absolute Gasteiger partial charge is 0.291 e. The van der Waals surface area contributed by atoms with Gasteiger partial charge in [0.2, 0.25) is 0 Å². The van der Waals surface area contributed by atoms with Crippen LogP contribution in [-0.4, -0.2) is 23.0 Å². The molecule has 3 aromatic rings. The summed E-state index contributed by atoms with van der Waals surface area (Å²) in [6.45, 7) is 0.322. The topological polar surface area (TPSA) is 77.2 Å². The third-order valence-electron chi connectivity index (χ3n) is 3.11. The first-order valence-electron chi connectivity index (χ1n) is 7.03. The van der Waals surface area contributed by atoms with Crippen LogP contribution < -0.4 is 5.32 Å². The van der Waals surface area contributed by atoms with Crippen molar-refractivity contribution in [3.63, 3.8) is 0 Å². The monoisotopic (exact) mass is 309 g/mol. The Morgan fingerprint density at radius 1 is 1.13 bits per heavy atom. The number of benzene rings is 1. The lowest BCUT2D eigenvalue weighted by Crippen LogP contribution is -2.11. The number of aromatic nitrogens is 2. The second-order valence-corrected chi connectivity index (χ2v) is 4.81. The van der Waals surface area contributed by atoms with Gasteiger partial charge in [-0.3, -0.25) is 4.79 Å². The molecule has 23 heavy (non-hydrogen) atoms. The molecule has 0 bridgehead atoms. The summed E-state index contributed by atoms with van der Waals surface area (Å²) >= 11 is 0. The summed E-state index contributed by atoms with van der Waals surface area (Å²) in [6.07, 6.45) is 3.12. The van der Waals surface area contributed by atoms with Crippen LogP contribution in [0.25, 0.3) is 11.4 Å². The van der Waals surface area contributed by atoms with Crippen molar-refractivity contribution in [1.29, 1.82) is 0 Å². The SMILES string of the molecule is COCc1ccc(C(=O)Nc2cnc(-c3ccccc3)nc2)o1. The molecule has 0 saturated heterocycles. The van der Waals surface area contributed by atoms with Gasteiger partial charge in [0.05, 0.1) is 18.1 Å². The van der Waals surface area contributed by atoms with E-state index in [4.69, 9.17) is 9.15 Å². The lowest BCUT2D eigenvalue weighted by Gasteiger charge is -2.04. The zero-order chi connectivity index (χ0) is 16.1. The molecule has 0 saturated carbocycles. The number of anilines is 1. The van der Waals surface area contributed by atoms with Gasteiger partial charge in [-0.05, 0) is 12.1 Å². The molecule has 2 heterocycles. The minimum Gasteiger partial charge on any atom is -0.453 e. The predicted molar refractivity (Wildman–Crippen MR) is 84.8 cm³/mol. The minimum atomic E-state index is -0.358. The fourth-order valence-electron chi connectivity index (χ4n) is 2.04. The summed E-state index contributed by atoms with van der Waals surface area (Å²) in [4.78, 5) is 20.6. The lowest BCUT2D eigenvalue weighted by molar-refractivity contribution is 0.0987. The van der Waals surface area contributed by atoms with Crippen LogP contribution in [-0.2, 0) is 11.3 Å². The summed E-state index contributed by atoms with van der Waals surface area (Å²) in [5.41, 5.74) is 1.42. The second kappa shape index (κ2) is 6.85. The number of hydrogen-bond donors (Lipinski definition) is 1. The number of ether oxygens (including phenoxy) is 1. The highest BCUT2D eigenvalue weighted by Gasteiger charge is 2.12. The summed E-state index contributed by atoms with van der Waals surface area (Å²) in [5, 5.41) is 2.69. The quantitative estimate of drug-likeness (QED) is 0.783. The highest BCUT2D eigenvalue weighted by atomic mass is 16.5. The Labute approximate surface area is 133 Å². The molecule has 6 heteroatoms. The van der Waals surface area contributed by atoms with Gasteiger partial charge < -0.3 is 14.5 Å². The molecular weight excluding hydrogens is 294 g/mol. The first-order chi connectivity index (χ1) is 11.3. The number of nitrogens with zero attached hydrogens (tertiary/aromatic N) is 2. The number of nitrogens with one attached hydrogen (secondary N) is 1. The van der Waals surface area contributed by atoms with Crippen molar-refractivity contribution in [2.24, 2.45) is 0 Å². The van der Waals surface area contributed by atoms with Gasteiger partial charge in [-0.1, -0.05) is 30.3 Å². The molecule has 0 aliphatic heterocycles. The maximum atomic E-state index is 12.1. The summed E-state index contributed by atoms with van der Waals surface area (Å²) in [5.74, 6) is 1.05. The van der Waals surface area contributed by atoms with Crippen LogP contribution in [0.1, 0.15) is 16.3 Å². The van der Waals surface area contributed by atoms with E-state index in [2.05, 4.69) is 15.3 Å². The van der Waals surface area contributed by atoms with Crippen molar-refractivity contribution in [1.82, 2.24) is 9.97 Å². The highest BCUT2D eigenvalue weighted by Crippen LogP contribution is 2.16. The average molecular weight is 309 g/mol. The first-order valence-corrected chi connectivity index (χ1v) is 7.03. The Morgan fingerprint density at radius 2 is 1.87 bits per heavy atom. The number of carbonyl (C=O) groups excluding carboxylic acids is 1. The fraction of sp³-hybridized carbons (Fsp3) is 0.118. The summed E-state index contributed by atoms with van der Waals surface area (Å²) < 4.78 is 10.3. The highest BCUT2D eigenvalue weighted by molar-refractivity contribution is 6.02. The van der Waals surface area contributed by atoms with E-state index in [-0.39, 0.29) is 11.7 Å². The normalized spacial score (nSPS) is 10.5. The van der Waals surface area contributed by atoms with E-state index in [0.29, 0.717) is 23.9 Å². The van der Waals surface area contributed by atoms with Gasteiger partial charge >= 0.3 is 0 Å². The van der Waals surface area contributed by atoms with Gasteiger partial charge in [0, 0.05) is 12.7 Å². The molecule has 0 unspecified atom stereocenters. The fourth-order valence-corrected chi connectivity index (χ4v) is 2.04. The second-order valence-electron chi connectivity index (χ2n) is 4.81. The minimum absolute atomic E-state index is 0.212. The van der Waals surface area contributed by atoms with Gasteiger partial charge in [-0.2, -0.15) is 0 Å². The van der Waals surface area contributed by atoms with Gasteiger partial charge in [0.15, 0.2) is 11.6 Å². The van der Waals surface area contributed by atoms with E-state index in [9.17, 15) is 4.79 Å². The van der Waals surface area contributed by atoms with Gasteiger partial charge in [-0.15, -0.1) is 0 Å². The van der Waals surface area contributed by atoms with Gasteiger partial charge in [0.25, 0.3) is 5.91 Å². The molecule has 1 N–H and O–H groups in total. The van der Waals surface area contributed by atoms with Crippen molar-refractivity contribution in [2.45, 2.75) is 6.61 Å². The van der Waals surface area contributed by atoms with Crippen LogP contribution in [0.3, 0.4) is 0 Å². The number of rotatable bonds is 5. The Hall–Kier alpha value is -2.99. The Bertz CT molecular complexity index is 782. The molecular formula is C17H15N3O3. The standard InChI is InChI=1S/C17H15N3O3/c1-22-11-14-7-8-15(23-14)17(21)20-13-9-18-16(19-10-13)12-5-3-2-4-6-12/h2-10H,11H2,1H3,(H,20,21). The first kappa shape index (κ1) is 14.9. The summed E-state index contributed by atoms with van der Waals surface area (Å²) in [6, 6.07) is 12.9. The van der Waals surface area contributed by atoms with Crippen molar-refractivity contribution in [2.75, 3.05) is 12.4 Å². The molecule has 1 aromatic carbocycles. The molecule has 0 radical (unpaired) electrons. The van der Waals surface area contributed by atoms with Crippen LogP contribution in [0.15, 0.2) is 59.3 Å². The van der Waals surface area contributed by atoms with E-state index in [0.717, 1.165) is 5.56 Å². The number of furan rings is 1. The maximum absolute atomic E-state index is 12.1. The third-order valence-corrected chi connectivity index (χ3v) is 3.11. The number of amides is 1. The molecule has 0 fully saturated rings. The number of hydrogen-bond acceptors (Lipinski definition) is 5. The zero-order valence-electron chi connectivity index (χ0n) is 12.5. The van der Waals surface area contributed by atoms with E-state index in [1.165, 1.54) is 0 Å². The van der Waals surface area contributed by atoms with E-state index >= 15 is 0 Å². The van der Waals surface area contributed by atoms with Gasteiger partial charge in [0.1, 0.15) is 12.4 Å². The zero-order valence-corrected chi connectivity index (χ0v) is 12.5. The number of carbonyl (C=O) groups is 1. The third kappa shape index (κ3) is 3.61. The largest absolute Gasteiger partial charge is 0.453 e. The van der Waals surface area contributed by atoms with Gasteiger partial charge in [-0.25, -0.2) is 9.97 Å². The van der Waals surface area contributed by atoms with Crippen molar-refractivity contribution >= 4 is 11.6 Å².